The van der Waals surface area contributed by atoms with Gasteiger partial charge in [0.2, 0.25) is 10.0 Å². The van der Waals surface area contributed by atoms with Crippen molar-refractivity contribution in [1.29, 1.82) is 5.26 Å². The molecule has 0 bridgehead atoms. The lowest BCUT2D eigenvalue weighted by atomic mass is 10.1. The van der Waals surface area contributed by atoms with Gasteiger partial charge in [-0.15, -0.1) is 0 Å². The smallest absolute Gasteiger partial charge is 0.253 e. The third-order valence-corrected chi connectivity index (χ3v) is 6.31. The Morgan fingerprint density at radius 3 is 2.26 bits per heavy atom. The van der Waals surface area contributed by atoms with Crippen molar-refractivity contribution in [2.45, 2.75) is 36.7 Å². The molecule has 9 heteroatoms. The molecule has 3 rings (SSSR count). The lowest BCUT2D eigenvalue weighted by Gasteiger charge is -2.18. The Labute approximate surface area is 181 Å². The summed E-state index contributed by atoms with van der Waals surface area (Å²) in [7, 11) is -2.06. The normalized spacial score (nSPS) is 13.3. The molecule has 1 aliphatic carbocycles. The summed E-state index contributed by atoms with van der Waals surface area (Å²) in [4.78, 5) is 26.3. The summed E-state index contributed by atoms with van der Waals surface area (Å²) in [5, 5.41) is 11.4. The molecule has 0 heterocycles. The second-order valence-electron chi connectivity index (χ2n) is 7.44. The van der Waals surface area contributed by atoms with E-state index >= 15 is 0 Å². The Kier molecular flexibility index (Phi) is 7.05. The van der Waals surface area contributed by atoms with Crippen molar-refractivity contribution in [3.63, 3.8) is 0 Å². The van der Waals surface area contributed by atoms with Gasteiger partial charge in [0, 0.05) is 43.7 Å². The zero-order valence-corrected chi connectivity index (χ0v) is 18.0. The minimum Gasteiger partial charge on any atom is -0.349 e. The van der Waals surface area contributed by atoms with Gasteiger partial charge >= 0.3 is 0 Å². The van der Waals surface area contributed by atoms with E-state index in [9.17, 15) is 18.0 Å². The van der Waals surface area contributed by atoms with Gasteiger partial charge in [0.05, 0.1) is 11.0 Å². The average molecular weight is 441 g/mol. The van der Waals surface area contributed by atoms with E-state index in [1.54, 1.807) is 19.2 Å². The van der Waals surface area contributed by atoms with Crippen LogP contribution in [0.5, 0.6) is 0 Å². The Balaban J connectivity index is 1.59. The van der Waals surface area contributed by atoms with Gasteiger partial charge in [-0.1, -0.05) is 12.1 Å². The Morgan fingerprint density at radius 2 is 1.68 bits per heavy atom. The number of nitriles is 1. The van der Waals surface area contributed by atoms with Gasteiger partial charge in [0.15, 0.2) is 0 Å². The summed E-state index contributed by atoms with van der Waals surface area (Å²) in [5.41, 5.74) is 1.82. The van der Waals surface area contributed by atoms with Crippen LogP contribution in [0.25, 0.3) is 0 Å². The topological polar surface area (TPSA) is 119 Å². The predicted molar refractivity (Wildman–Crippen MR) is 115 cm³/mol. The minimum absolute atomic E-state index is 0.0310. The minimum atomic E-state index is -3.72. The van der Waals surface area contributed by atoms with Gasteiger partial charge in [-0.3, -0.25) is 9.59 Å². The van der Waals surface area contributed by atoms with E-state index in [1.807, 2.05) is 18.2 Å². The number of hydrogen-bond acceptors (Lipinski definition) is 5. The van der Waals surface area contributed by atoms with Crippen molar-refractivity contribution in [2.24, 2.45) is 0 Å². The van der Waals surface area contributed by atoms with E-state index in [4.69, 9.17) is 5.26 Å². The molecular formula is C22H24N4O4S. The Hall–Kier alpha value is -3.22. The summed E-state index contributed by atoms with van der Waals surface area (Å²) >= 11 is 0. The fourth-order valence-electron chi connectivity index (χ4n) is 2.93. The first-order valence-corrected chi connectivity index (χ1v) is 11.4. The molecule has 0 aliphatic heterocycles. The van der Waals surface area contributed by atoms with E-state index < -0.39 is 10.0 Å². The first kappa shape index (κ1) is 22.5. The predicted octanol–water partition coefficient (Wildman–Crippen LogP) is 2.04. The molecule has 1 saturated carbocycles. The van der Waals surface area contributed by atoms with Gasteiger partial charge in [-0.25, -0.2) is 13.1 Å². The molecule has 31 heavy (non-hydrogen) atoms. The molecule has 162 valence electrons. The van der Waals surface area contributed by atoms with Crippen LogP contribution < -0.4 is 10.0 Å². The van der Waals surface area contributed by atoms with E-state index in [1.165, 1.54) is 29.2 Å². The molecule has 0 spiro atoms. The molecule has 1 fully saturated rings. The van der Waals surface area contributed by atoms with Crippen molar-refractivity contribution in [3.05, 3.63) is 65.2 Å². The number of carbonyl (C=O) groups excluding carboxylic acids is 2. The SMILES string of the molecule is CN(Cc1ccc(C(=O)NC2CC2)cc1)C(=O)c1ccc(S(=O)(=O)NCCC#N)cc1. The second-order valence-corrected chi connectivity index (χ2v) is 9.20. The van der Waals surface area contributed by atoms with Gasteiger partial charge in [-0.05, 0) is 54.8 Å². The lowest BCUT2D eigenvalue weighted by molar-refractivity contribution is 0.0784. The largest absolute Gasteiger partial charge is 0.349 e. The van der Waals surface area contributed by atoms with Crippen LogP contribution >= 0.6 is 0 Å². The summed E-state index contributed by atoms with van der Waals surface area (Å²) in [6, 6.07) is 14.9. The van der Waals surface area contributed by atoms with Crippen molar-refractivity contribution in [1.82, 2.24) is 14.9 Å². The van der Waals surface area contributed by atoms with Crippen LogP contribution in [0.4, 0.5) is 0 Å². The number of nitrogens with one attached hydrogen (secondary N) is 2. The quantitative estimate of drug-likeness (QED) is 0.579. The van der Waals surface area contributed by atoms with Gasteiger partial charge in [-0.2, -0.15) is 5.26 Å². The summed E-state index contributed by atoms with van der Waals surface area (Å²) in [5.74, 6) is -0.340. The summed E-state index contributed by atoms with van der Waals surface area (Å²) in [6.07, 6.45) is 2.13. The highest BCUT2D eigenvalue weighted by atomic mass is 32.2. The van der Waals surface area contributed by atoms with Crippen molar-refractivity contribution < 1.29 is 18.0 Å². The lowest BCUT2D eigenvalue weighted by Crippen LogP contribution is -2.27. The maximum Gasteiger partial charge on any atom is 0.253 e. The molecule has 2 N–H and O–H groups in total. The highest BCUT2D eigenvalue weighted by Gasteiger charge is 2.23. The number of benzene rings is 2. The molecule has 1 aliphatic rings. The highest BCUT2D eigenvalue weighted by Crippen LogP contribution is 2.19. The molecule has 2 aromatic carbocycles. The van der Waals surface area contributed by atoms with Gasteiger partial charge in [0.1, 0.15) is 0 Å². The zero-order chi connectivity index (χ0) is 22.4. The molecule has 2 aromatic rings. The standard InChI is InChI=1S/C22H24N4O4S/c1-26(15-16-3-5-17(6-4-16)21(27)25-19-9-10-19)22(28)18-7-11-20(12-8-18)31(29,30)24-14-2-13-23/h3-8,11-12,19,24H,2,9-10,14-15H2,1H3,(H,25,27). The van der Waals surface area contributed by atoms with Crippen molar-refractivity contribution in [3.8, 4) is 6.07 Å². The van der Waals surface area contributed by atoms with E-state index in [2.05, 4.69) is 10.0 Å². The molecule has 0 atom stereocenters. The average Bonchev–Trinajstić information content (AvgIpc) is 3.58. The third kappa shape index (κ3) is 6.13. The molecule has 0 unspecified atom stereocenters. The number of rotatable bonds is 9. The number of hydrogen-bond donors (Lipinski definition) is 2. The first-order chi connectivity index (χ1) is 14.8. The van der Waals surface area contributed by atoms with Crippen LogP contribution in [-0.2, 0) is 16.6 Å². The van der Waals surface area contributed by atoms with E-state index in [0.717, 1.165) is 18.4 Å². The maximum absolute atomic E-state index is 12.7. The van der Waals surface area contributed by atoms with E-state index in [-0.39, 0.29) is 29.7 Å². The van der Waals surface area contributed by atoms with Crippen LogP contribution in [0, 0.1) is 11.3 Å². The molecule has 2 amide bonds. The van der Waals surface area contributed by atoms with E-state index in [0.29, 0.717) is 23.7 Å². The summed E-state index contributed by atoms with van der Waals surface area (Å²) < 4.78 is 26.6. The van der Waals surface area contributed by atoms with Crippen LogP contribution in [0.1, 0.15) is 45.5 Å². The summed E-state index contributed by atoms with van der Waals surface area (Å²) in [6.45, 7) is 0.377. The highest BCUT2D eigenvalue weighted by molar-refractivity contribution is 7.89. The monoisotopic (exact) mass is 440 g/mol. The van der Waals surface area contributed by atoms with Crippen LogP contribution in [0.2, 0.25) is 0 Å². The van der Waals surface area contributed by atoms with Crippen LogP contribution in [0.3, 0.4) is 0 Å². The van der Waals surface area contributed by atoms with Gasteiger partial charge < -0.3 is 10.2 Å². The Morgan fingerprint density at radius 1 is 1.06 bits per heavy atom. The molecule has 0 aromatic heterocycles. The first-order valence-electron chi connectivity index (χ1n) is 9.92. The fraction of sp³-hybridized carbons (Fsp3) is 0.318. The Bertz CT molecular complexity index is 1090. The van der Waals surface area contributed by atoms with Crippen LogP contribution in [-0.4, -0.2) is 44.8 Å². The molecular weight excluding hydrogens is 416 g/mol. The second kappa shape index (κ2) is 9.73. The van der Waals surface area contributed by atoms with Crippen molar-refractivity contribution in [2.75, 3.05) is 13.6 Å². The maximum atomic E-state index is 12.7. The number of amides is 2. The van der Waals surface area contributed by atoms with Gasteiger partial charge in [0.25, 0.3) is 11.8 Å². The molecule has 0 saturated heterocycles. The van der Waals surface area contributed by atoms with Crippen LogP contribution in [0.15, 0.2) is 53.4 Å². The zero-order valence-electron chi connectivity index (χ0n) is 17.2. The molecule has 8 nitrogen and oxygen atoms in total. The number of nitrogens with zero attached hydrogens (tertiary/aromatic N) is 2. The molecule has 0 radical (unpaired) electrons. The number of carbonyl (C=O) groups is 2. The number of sulfonamides is 1. The fourth-order valence-corrected chi connectivity index (χ4v) is 3.96. The van der Waals surface area contributed by atoms with Crippen molar-refractivity contribution >= 4 is 21.8 Å². The third-order valence-electron chi connectivity index (χ3n) is 4.84.